The fourth-order valence-electron chi connectivity index (χ4n) is 3.15. The van der Waals surface area contributed by atoms with Gasteiger partial charge in [0.2, 0.25) is 0 Å². The molecule has 3 rings (SSSR count). The number of thiocarbonyl (C=S) groups is 1. The van der Waals surface area contributed by atoms with Crippen LogP contribution in [0.5, 0.6) is 0 Å². The summed E-state index contributed by atoms with van der Waals surface area (Å²) in [7, 11) is 0. The molecule has 0 saturated carbocycles. The maximum atomic E-state index is 5.39. The maximum Gasteiger partial charge on any atom is 0.178 e. The van der Waals surface area contributed by atoms with Crippen molar-refractivity contribution in [3.8, 4) is 10.4 Å². The van der Waals surface area contributed by atoms with Gasteiger partial charge in [-0.25, -0.2) is 5.43 Å². The zero-order valence-electron chi connectivity index (χ0n) is 14.5. The van der Waals surface area contributed by atoms with Crippen LogP contribution < -0.4 is 16.6 Å². The third kappa shape index (κ3) is 5.78. The van der Waals surface area contributed by atoms with E-state index < -0.39 is 0 Å². The summed E-state index contributed by atoms with van der Waals surface area (Å²) >= 11 is 6.68. The van der Waals surface area contributed by atoms with Gasteiger partial charge < -0.3 is 5.73 Å². The second kappa shape index (κ2) is 9.29. The average Bonchev–Trinajstić information content (AvgIpc) is 2.91. The molecule has 2 heterocycles. The fourth-order valence-corrected chi connectivity index (χ4v) is 4.28. The standard InChI is InChI=1S/C19H26N4S2/c20-19(24)22-21-13-15-5-7-16(8-6-15)18-10-9-17(25-18)14-23-11-3-1-2-4-12-23/h5-10,21H,1-4,11-14H2,(H3,20,22,24). The highest BCUT2D eigenvalue weighted by Crippen LogP contribution is 2.29. The summed E-state index contributed by atoms with van der Waals surface area (Å²) in [6, 6.07) is 13.2. The Hall–Kier alpha value is -1.47. The van der Waals surface area contributed by atoms with E-state index in [-0.39, 0.29) is 5.11 Å². The summed E-state index contributed by atoms with van der Waals surface area (Å²) < 4.78 is 0. The van der Waals surface area contributed by atoms with Crippen LogP contribution in [0.2, 0.25) is 0 Å². The highest BCUT2D eigenvalue weighted by atomic mass is 32.1. The second-order valence-electron chi connectivity index (χ2n) is 6.50. The molecular formula is C19H26N4S2. The first-order valence-corrected chi connectivity index (χ1v) is 10.1. The Labute approximate surface area is 159 Å². The molecule has 1 aliphatic heterocycles. The molecular weight excluding hydrogens is 348 g/mol. The first-order chi connectivity index (χ1) is 12.2. The normalized spacial score (nSPS) is 15.7. The van der Waals surface area contributed by atoms with Gasteiger partial charge in [-0.2, -0.15) is 0 Å². The Morgan fingerprint density at radius 2 is 1.76 bits per heavy atom. The number of likely N-dealkylation sites (tertiary alicyclic amines) is 1. The zero-order chi connectivity index (χ0) is 17.5. The quantitative estimate of drug-likeness (QED) is 0.532. The van der Waals surface area contributed by atoms with Gasteiger partial charge in [0.05, 0.1) is 0 Å². The highest BCUT2D eigenvalue weighted by Gasteiger charge is 2.11. The molecule has 0 unspecified atom stereocenters. The Kier molecular flexibility index (Phi) is 6.81. The first-order valence-electron chi connectivity index (χ1n) is 8.89. The highest BCUT2D eigenvalue weighted by molar-refractivity contribution is 7.80. The van der Waals surface area contributed by atoms with Crippen LogP contribution in [-0.2, 0) is 13.1 Å². The van der Waals surface area contributed by atoms with Crippen molar-refractivity contribution < 1.29 is 0 Å². The molecule has 0 bridgehead atoms. The number of nitrogens with zero attached hydrogens (tertiary/aromatic N) is 1. The number of hydrogen-bond acceptors (Lipinski definition) is 4. The van der Waals surface area contributed by atoms with Crippen molar-refractivity contribution >= 4 is 28.7 Å². The molecule has 25 heavy (non-hydrogen) atoms. The van der Waals surface area contributed by atoms with E-state index in [9.17, 15) is 0 Å². The number of benzene rings is 1. The van der Waals surface area contributed by atoms with Crippen LogP contribution in [-0.4, -0.2) is 23.1 Å². The zero-order valence-corrected chi connectivity index (χ0v) is 16.1. The molecule has 1 saturated heterocycles. The van der Waals surface area contributed by atoms with Crippen molar-refractivity contribution in [1.82, 2.24) is 15.8 Å². The van der Waals surface area contributed by atoms with Crippen molar-refractivity contribution in [1.29, 1.82) is 0 Å². The van der Waals surface area contributed by atoms with E-state index in [1.165, 1.54) is 59.7 Å². The van der Waals surface area contributed by atoms with Gasteiger partial charge >= 0.3 is 0 Å². The van der Waals surface area contributed by atoms with Gasteiger partial charge in [-0.05, 0) is 61.4 Å². The number of thiophene rings is 1. The molecule has 0 atom stereocenters. The second-order valence-corrected chi connectivity index (χ2v) is 8.10. The molecule has 1 aromatic heterocycles. The van der Waals surface area contributed by atoms with Gasteiger partial charge in [-0.3, -0.25) is 10.3 Å². The lowest BCUT2D eigenvalue weighted by atomic mass is 10.1. The van der Waals surface area contributed by atoms with Crippen LogP contribution >= 0.6 is 23.6 Å². The molecule has 1 aromatic carbocycles. The number of rotatable bonds is 6. The van der Waals surface area contributed by atoms with Crippen LogP contribution in [0.3, 0.4) is 0 Å². The van der Waals surface area contributed by atoms with Gasteiger partial charge in [0, 0.05) is 22.8 Å². The minimum absolute atomic E-state index is 0.257. The molecule has 4 N–H and O–H groups in total. The lowest BCUT2D eigenvalue weighted by molar-refractivity contribution is 0.279. The van der Waals surface area contributed by atoms with Crippen LogP contribution in [0, 0.1) is 0 Å². The van der Waals surface area contributed by atoms with Gasteiger partial charge in [0.25, 0.3) is 0 Å². The van der Waals surface area contributed by atoms with Crippen molar-refractivity contribution in [2.45, 2.75) is 38.8 Å². The first kappa shape index (κ1) is 18.3. The Morgan fingerprint density at radius 1 is 1.04 bits per heavy atom. The summed E-state index contributed by atoms with van der Waals surface area (Å²) in [5, 5.41) is 0.257. The van der Waals surface area contributed by atoms with Gasteiger partial charge in [0.15, 0.2) is 5.11 Å². The smallest absolute Gasteiger partial charge is 0.178 e. The molecule has 0 spiro atoms. The van der Waals surface area contributed by atoms with E-state index in [1.807, 2.05) is 11.3 Å². The SMILES string of the molecule is NC(=S)NNCc1ccc(-c2ccc(CN3CCCCCC3)s2)cc1. The third-order valence-electron chi connectivity index (χ3n) is 4.48. The average molecular weight is 375 g/mol. The fraction of sp³-hybridized carbons (Fsp3) is 0.421. The Morgan fingerprint density at radius 3 is 2.44 bits per heavy atom. The van der Waals surface area contributed by atoms with Crippen molar-refractivity contribution in [3.63, 3.8) is 0 Å². The van der Waals surface area contributed by atoms with Gasteiger partial charge in [-0.1, -0.05) is 37.1 Å². The summed E-state index contributed by atoms with van der Waals surface area (Å²) in [6.07, 6.45) is 5.47. The Balaban J connectivity index is 1.56. The third-order valence-corrected chi connectivity index (χ3v) is 5.70. The van der Waals surface area contributed by atoms with Gasteiger partial charge in [-0.15, -0.1) is 11.3 Å². The van der Waals surface area contributed by atoms with Crippen molar-refractivity contribution in [2.75, 3.05) is 13.1 Å². The summed E-state index contributed by atoms with van der Waals surface area (Å²) in [5.74, 6) is 0. The number of hydrazine groups is 1. The summed E-state index contributed by atoms with van der Waals surface area (Å²) in [5.41, 5.74) is 13.6. The number of nitrogens with one attached hydrogen (secondary N) is 2. The number of hydrogen-bond donors (Lipinski definition) is 3. The molecule has 2 aromatic rings. The Bertz CT molecular complexity index is 673. The van der Waals surface area contributed by atoms with Crippen LogP contribution in [0.4, 0.5) is 0 Å². The molecule has 4 nitrogen and oxygen atoms in total. The maximum absolute atomic E-state index is 5.39. The minimum atomic E-state index is 0.257. The van der Waals surface area contributed by atoms with Crippen molar-refractivity contribution in [3.05, 3.63) is 46.8 Å². The molecule has 1 aliphatic rings. The van der Waals surface area contributed by atoms with E-state index in [1.54, 1.807) is 0 Å². The topological polar surface area (TPSA) is 53.3 Å². The monoisotopic (exact) mass is 374 g/mol. The van der Waals surface area contributed by atoms with Crippen LogP contribution in [0.25, 0.3) is 10.4 Å². The van der Waals surface area contributed by atoms with E-state index >= 15 is 0 Å². The van der Waals surface area contributed by atoms with Gasteiger partial charge in [0.1, 0.15) is 0 Å². The largest absolute Gasteiger partial charge is 0.375 e. The van der Waals surface area contributed by atoms with E-state index in [2.05, 4.69) is 52.1 Å². The predicted octanol–water partition coefficient (Wildman–Crippen LogP) is 3.63. The molecule has 6 heteroatoms. The molecule has 0 amide bonds. The molecule has 0 radical (unpaired) electrons. The van der Waals surface area contributed by atoms with Crippen molar-refractivity contribution in [2.24, 2.45) is 5.73 Å². The summed E-state index contributed by atoms with van der Waals surface area (Å²) in [6.45, 7) is 4.27. The lowest BCUT2D eigenvalue weighted by Crippen LogP contribution is -2.40. The summed E-state index contributed by atoms with van der Waals surface area (Å²) in [4.78, 5) is 5.40. The predicted molar refractivity (Wildman–Crippen MR) is 110 cm³/mol. The van der Waals surface area contributed by atoms with Crippen LogP contribution in [0.1, 0.15) is 36.1 Å². The van der Waals surface area contributed by atoms with E-state index in [0.29, 0.717) is 6.54 Å². The number of nitrogens with two attached hydrogens (primary N) is 1. The van der Waals surface area contributed by atoms with E-state index in [0.717, 1.165) is 6.54 Å². The minimum Gasteiger partial charge on any atom is -0.375 e. The molecule has 1 fully saturated rings. The lowest BCUT2D eigenvalue weighted by Gasteiger charge is -2.18. The van der Waals surface area contributed by atoms with E-state index in [4.69, 9.17) is 18.0 Å². The molecule has 0 aliphatic carbocycles. The van der Waals surface area contributed by atoms with Crippen LogP contribution in [0.15, 0.2) is 36.4 Å². The molecule has 134 valence electrons.